The molecule has 0 spiro atoms. The minimum Gasteiger partial charge on any atom is -0.342 e. The largest absolute Gasteiger partial charge is 0.342 e. The van der Waals surface area contributed by atoms with E-state index in [0.29, 0.717) is 15.6 Å². The van der Waals surface area contributed by atoms with Gasteiger partial charge in [-0.15, -0.1) is 5.10 Å². The van der Waals surface area contributed by atoms with Crippen LogP contribution in [0.3, 0.4) is 0 Å². The number of benzene rings is 2. The molecule has 6 nitrogen and oxygen atoms in total. The van der Waals surface area contributed by atoms with Crippen LogP contribution in [0.4, 0.5) is 5.00 Å². The van der Waals surface area contributed by atoms with Gasteiger partial charge in [-0.05, 0) is 49.7 Å². The molecule has 0 aliphatic rings. The molecular formula is C19H16Cl2N4O2S. The molecule has 0 saturated carbocycles. The molecule has 28 heavy (non-hydrogen) atoms. The van der Waals surface area contributed by atoms with Gasteiger partial charge in [0.2, 0.25) is 0 Å². The Bertz CT molecular complexity index is 1040. The quantitative estimate of drug-likeness (QED) is 0.605. The molecule has 0 fully saturated rings. The summed E-state index contributed by atoms with van der Waals surface area (Å²) >= 11 is 12.9. The van der Waals surface area contributed by atoms with Crippen LogP contribution in [-0.2, 0) is 5.54 Å². The van der Waals surface area contributed by atoms with Gasteiger partial charge in [-0.1, -0.05) is 45.9 Å². The minimum absolute atomic E-state index is 0.0375. The highest BCUT2D eigenvalue weighted by atomic mass is 35.5. The second kappa shape index (κ2) is 8.26. The van der Waals surface area contributed by atoms with E-state index in [2.05, 4.69) is 20.2 Å². The van der Waals surface area contributed by atoms with Crippen molar-refractivity contribution in [2.24, 2.45) is 0 Å². The average Bonchev–Trinajstić information content (AvgIpc) is 3.09. The van der Waals surface area contributed by atoms with Crippen LogP contribution < -0.4 is 10.6 Å². The Kier molecular flexibility index (Phi) is 5.98. The van der Waals surface area contributed by atoms with Gasteiger partial charge in [0.1, 0.15) is 5.00 Å². The zero-order chi connectivity index (χ0) is 20.3. The van der Waals surface area contributed by atoms with Gasteiger partial charge >= 0.3 is 0 Å². The minimum atomic E-state index is -0.708. The molecule has 9 heteroatoms. The Morgan fingerprint density at radius 1 is 1.00 bits per heavy atom. The van der Waals surface area contributed by atoms with Crippen molar-refractivity contribution in [3.63, 3.8) is 0 Å². The number of halogens is 2. The second-order valence-corrected chi connectivity index (χ2v) is 8.13. The Hall–Kier alpha value is -2.48. The maximum atomic E-state index is 12.8. The fraction of sp³-hybridized carbons (Fsp3) is 0.158. The maximum absolute atomic E-state index is 12.8. The van der Waals surface area contributed by atoms with E-state index in [-0.39, 0.29) is 10.7 Å². The molecular weight excluding hydrogens is 419 g/mol. The predicted molar refractivity (Wildman–Crippen MR) is 111 cm³/mol. The van der Waals surface area contributed by atoms with E-state index < -0.39 is 17.4 Å². The molecule has 2 aromatic carbocycles. The number of nitrogens with zero attached hydrogens (tertiary/aromatic N) is 2. The normalized spacial score (nSPS) is 11.1. The maximum Gasteiger partial charge on any atom is 0.275 e. The molecule has 1 heterocycles. The second-order valence-electron chi connectivity index (χ2n) is 6.50. The summed E-state index contributed by atoms with van der Waals surface area (Å²) in [6.45, 7) is 3.70. The van der Waals surface area contributed by atoms with Crippen LogP contribution in [0.15, 0.2) is 48.5 Å². The van der Waals surface area contributed by atoms with Crippen molar-refractivity contribution >= 4 is 51.5 Å². The number of amides is 2. The van der Waals surface area contributed by atoms with Gasteiger partial charge < -0.3 is 10.6 Å². The van der Waals surface area contributed by atoms with Gasteiger partial charge in [0.05, 0.1) is 5.54 Å². The molecule has 0 atom stereocenters. The van der Waals surface area contributed by atoms with Crippen LogP contribution in [0, 0.1) is 0 Å². The SMILES string of the molecule is CC(C)(NC(=O)c1nnsc1NC(=O)c1cccc(Cl)c1)c1cccc(Cl)c1. The van der Waals surface area contributed by atoms with E-state index >= 15 is 0 Å². The number of nitrogens with one attached hydrogen (secondary N) is 2. The lowest BCUT2D eigenvalue weighted by Gasteiger charge is -2.26. The van der Waals surface area contributed by atoms with Crippen molar-refractivity contribution in [3.8, 4) is 0 Å². The van der Waals surface area contributed by atoms with Crippen LogP contribution in [-0.4, -0.2) is 21.4 Å². The van der Waals surface area contributed by atoms with Gasteiger partial charge in [0, 0.05) is 27.1 Å². The average molecular weight is 435 g/mol. The first kappa shape index (κ1) is 20.3. The molecule has 0 bridgehead atoms. The van der Waals surface area contributed by atoms with E-state index in [4.69, 9.17) is 23.2 Å². The fourth-order valence-electron chi connectivity index (χ4n) is 2.52. The molecule has 0 aliphatic carbocycles. The third-order valence-corrected chi connectivity index (χ3v) is 5.10. The number of anilines is 1. The molecule has 0 radical (unpaired) electrons. The molecule has 3 rings (SSSR count). The first-order valence-corrected chi connectivity index (χ1v) is 9.77. The van der Waals surface area contributed by atoms with Crippen molar-refractivity contribution in [2.75, 3.05) is 5.32 Å². The highest BCUT2D eigenvalue weighted by molar-refractivity contribution is 7.10. The summed E-state index contributed by atoms with van der Waals surface area (Å²) < 4.78 is 3.79. The fourth-order valence-corrected chi connectivity index (χ4v) is 3.46. The molecule has 2 N–H and O–H groups in total. The standard InChI is InChI=1S/C19H16Cl2N4O2S/c1-19(2,12-6-4-8-14(21)10-12)23-17(27)15-18(28-25-24-15)22-16(26)11-5-3-7-13(20)9-11/h3-10H,1-2H3,(H,22,26)(H,23,27). The smallest absolute Gasteiger partial charge is 0.275 e. The Balaban J connectivity index is 1.77. The number of hydrogen-bond acceptors (Lipinski definition) is 5. The lowest BCUT2D eigenvalue weighted by atomic mass is 9.94. The molecule has 0 unspecified atom stereocenters. The number of carbonyl (C=O) groups is 2. The third-order valence-electron chi connectivity index (χ3n) is 3.99. The molecule has 144 valence electrons. The monoisotopic (exact) mass is 434 g/mol. The summed E-state index contributed by atoms with van der Waals surface area (Å²) in [5, 5.41) is 10.7. The topological polar surface area (TPSA) is 84.0 Å². The van der Waals surface area contributed by atoms with Gasteiger partial charge in [0.15, 0.2) is 5.69 Å². The van der Waals surface area contributed by atoms with Crippen LogP contribution in [0.2, 0.25) is 10.0 Å². The van der Waals surface area contributed by atoms with Gasteiger partial charge in [-0.2, -0.15) is 0 Å². The van der Waals surface area contributed by atoms with Gasteiger partial charge in [0.25, 0.3) is 11.8 Å². The highest BCUT2D eigenvalue weighted by Gasteiger charge is 2.27. The van der Waals surface area contributed by atoms with Crippen LogP contribution in [0.25, 0.3) is 0 Å². The lowest BCUT2D eigenvalue weighted by Crippen LogP contribution is -2.41. The first-order valence-electron chi connectivity index (χ1n) is 8.24. The number of aromatic nitrogens is 2. The van der Waals surface area contributed by atoms with Crippen LogP contribution in [0.1, 0.15) is 40.3 Å². The van der Waals surface area contributed by atoms with E-state index in [1.165, 1.54) is 6.07 Å². The van der Waals surface area contributed by atoms with Crippen molar-refractivity contribution in [3.05, 3.63) is 75.4 Å². The zero-order valence-electron chi connectivity index (χ0n) is 15.0. The van der Waals surface area contributed by atoms with Crippen molar-refractivity contribution in [2.45, 2.75) is 19.4 Å². The van der Waals surface area contributed by atoms with E-state index in [0.717, 1.165) is 17.1 Å². The zero-order valence-corrected chi connectivity index (χ0v) is 17.3. The van der Waals surface area contributed by atoms with E-state index in [1.54, 1.807) is 30.3 Å². The van der Waals surface area contributed by atoms with Gasteiger partial charge in [-0.25, -0.2) is 0 Å². The lowest BCUT2D eigenvalue weighted by molar-refractivity contribution is 0.0907. The number of carbonyl (C=O) groups excluding carboxylic acids is 2. The van der Waals surface area contributed by atoms with Gasteiger partial charge in [-0.3, -0.25) is 9.59 Å². The third kappa shape index (κ3) is 4.67. The molecule has 3 aromatic rings. The van der Waals surface area contributed by atoms with E-state index in [9.17, 15) is 9.59 Å². The molecule has 1 aromatic heterocycles. The number of hydrogen-bond donors (Lipinski definition) is 2. The molecule has 0 saturated heterocycles. The summed E-state index contributed by atoms with van der Waals surface area (Å²) in [6.07, 6.45) is 0. The highest BCUT2D eigenvalue weighted by Crippen LogP contribution is 2.25. The van der Waals surface area contributed by atoms with Crippen molar-refractivity contribution < 1.29 is 9.59 Å². The predicted octanol–water partition coefficient (Wildman–Crippen LogP) is 4.76. The summed E-state index contributed by atoms with van der Waals surface area (Å²) in [5.74, 6) is -0.864. The summed E-state index contributed by atoms with van der Waals surface area (Å²) in [4.78, 5) is 25.2. The van der Waals surface area contributed by atoms with Crippen LogP contribution in [0.5, 0.6) is 0 Å². The summed E-state index contributed by atoms with van der Waals surface area (Å²) in [6, 6.07) is 13.7. The summed E-state index contributed by atoms with van der Waals surface area (Å²) in [7, 11) is 0. The Morgan fingerprint density at radius 2 is 1.68 bits per heavy atom. The first-order chi connectivity index (χ1) is 13.3. The molecule has 2 amide bonds. The van der Waals surface area contributed by atoms with Crippen LogP contribution >= 0.6 is 34.7 Å². The summed E-state index contributed by atoms with van der Waals surface area (Å²) in [5.41, 5.74) is 0.530. The van der Waals surface area contributed by atoms with E-state index in [1.807, 2.05) is 26.0 Å². The van der Waals surface area contributed by atoms with Crippen molar-refractivity contribution in [1.82, 2.24) is 14.9 Å². The molecule has 0 aliphatic heterocycles. The Morgan fingerprint density at radius 3 is 2.36 bits per heavy atom. The Labute approximate surface area is 176 Å². The van der Waals surface area contributed by atoms with Crippen molar-refractivity contribution in [1.29, 1.82) is 0 Å². The number of rotatable bonds is 5.